The van der Waals surface area contributed by atoms with E-state index >= 15 is 0 Å². The first-order valence-electron chi connectivity index (χ1n) is 10.0. The van der Waals surface area contributed by atoms with Crippen molar-refractivity contribution in [1.82, 2.24) is 9.80 Å². The van der Waals surface area contributed by atoms with Crippen LogP contribution in [0.4, 0.5) is 0 Å². The van der Waals surface area contributed by atoms with Gasteiger partial charge in [0.2, 0.25) is 0 Å². The normalized spacial score (nSPS) is 9.81. The van der Waals surface area contributed by atoms with Crippen LogP contribution < -0.4 is 8.92 Å². The Balaban J connectivity index is 0.000000657. The summed E-state index contributed by atoms with van der Waals surface area (Å²) in [5.74, 6) is 0. The maximum absolute atomic E-state index is 2.31. The number of hydrogen-bond acceptors (Lipinski definition) is 2. The molecule has 2 nitrogen and oxygen atoms in total. The number of nitrogens with zero attached hydrogens (tertiary/aromatic N) is 2. The van der Waals surface area contributed by atoms with Crippen molar-refractivity contribution in [2.24, 2.45) is 0 Å². The third-order valence-corrected chi connectivity index (χ3v) is 11.5. The Morgan fingerprint density at radius 3 is 1.22 bits per heavy atom. The fourth-order valence-corrected chi connectivity index (χ4v) is 10.2. The van der Waals surface area contributed by atoms with E-state index in [1.807, 2.05) is 60.7 Å². The van der Waals surface area contributed by atoms with Crippen molar-refractivity contribution in [2.45, 2.75) is 13.1 Å². The van der Waals surface area contributed by atoms with Crippen molar-refractivity contribution in [3.63, 3.8) is 0 Å². The molecular weight excluding hydrogens is 610 g/mol. The maximum atomic E-state index is 2.31. The predicted molar refractivity (Wildman–Crippen MR) is 134 cm³/mol. The smallest absolute Gasteiger partial charge is 0.214 e. The summed E-state index contributed by atoms with van der Waals surface area (Å²) in [5.41, 5.74) is 3.02. The summed E-state index contributed by atoms with van der Waals surface area (Å²) in [6.45, 7) is 2.12. The van der Waals surface area contributed by atoms with Crippen molar-refractivity contribution >= 4 is 35.2 Å². The Labute approximate surface area is 227 Å². The molecule has 4 aromatic carbocycles. The molecule has 0 aromatic heterocycles. The minimum Gasteiger partial charge on any atom is -0.214 e. The molecule has 0 aliphatic heterocycles. The molecule has 6 heteroatoms. The molecule has 174 valence electrons. The van der Waals surface area contributed by atoms with E-state index in [0.717, 1.165) is 13.1 Å². The van der Waals surface area contributed by atoms with Crippen LogP contribution in [-0.4, -0.2) is 64.3 Å². The van der Waals surface area contributed by atoms with Crippen LogP contribution in [0.25, 0.3) is 0 Å². The van der Waals surface area contributed by atoms with Crippen molar-refractivity contribution in [2.75, 3.05) is 28.2 Å². The van der Waals surface area contributed by atoms with E-state index in [4.69, 9.17) is 0 Å². The second kappa shape index (κ2) is 18.8. The Hall–Kier alpha value is -0.602. The number of hydrogen-bond donors (Lipinski definition) is 0. The summed E-state index contributed by atoms with van der Waals surface area (Å²) in [4.78, 5) is 4.50. The SMILES string of the molecule is CN(C)Cc1ccc[c-]1[Se][Se][c-]1cccc1CN(C)C.[Fe+2].[Fe+2].c1cc[cH-]c1.c1cc[cH-]c1. The third kappa shape index (κ3) is 13.2. The molecule has 0 bridgehead atoms. The Morgan fingerprint density at radius 2 is 0.969 bits per heavy atom. The van der Waals surface area contributed by atoms with Gasteiger partial charge >= 0.3 is 168 Å². The summed E-state index contributed by atoms with van der Waals surface area (Å²) in [6.07, 6.45) is 0. The van der Waals surface area contributed by atoms with Crippen LogP contribution in [0.2, 0.25) is 0 Å². The number of rotatable bonds is 7. The second-order valence-electron chi connectivity index (χ2n) is 7.40. The van der Waals surface area contributed by atoms with Gasteiger partial charge in [-0.3, -0.25) is 0 Å². The van der Waals surface area contributed by atoms with Crippen molar-refractivity contribution in [3.8, 4) is 0 Å². The van der Waals surface area contributed by atoms with Gasteiger partial charge in [-0.1, -0.05) is 0 Å². The van der Waals surface area contributed by atoms with E-state index in [9.17, 15) is 0 Å². The molecule has 0 saturated heterocycles. The van der Waals surface area contributed by atoms with Crippen molar-refractivity contribution in [3.05, 3.63) is 108 Å². The second-order valence-corrected chi connectivity index (χ2v) is 13.6. The molecule has 0 heterocycles. The third-order valence-electron chi connectivity index (χ3n) is 4.03. The molecule has 0 aliphatic carbocycles. The molecule has 4 aromatic rings. The average molecular weight is 642 g/mol. The van der Waals surface area contributed by atoms with Gasteiger partial charge in [0, 0.05) is 0 Å². The first-order chi connectivity index (χ1) is 14.6. The van der Waals surface area contributed by atoms with Crippen LogP contribution in [0.15, 0.2) is 97.1 Å². The van der Waals surface area contributed by atoms with E-state index in [-0.39, 0.29) is 34.1 Å². The molecule has 32 heavy (non-hydrogen) atoms. The molecule has 0 amide bonds. The molecule has 0 N–H and O–H groups in total. The van der Waals surface area contributed by atoms with Gasteiger partial charge in [-0.15, -0.1) is 0 Å². The zero-order chi connectivity index (χ0) is 21.6. The van der Waals surface area contributed by atoms with Gasteiger partial charge in [0.1, 0.15) is 0 Å². The molecule has 0 aliphatic rings. The maximum Gasteiger partial charge on any atom is 2.00 e. The van der Waals surface area contributed by atoms with E-state index in [1.165, 1.54) is 11.1 Å². The fraction of sp³-hybridized carbons (Fsp3) is 0.231. The largest absolute Gasteiger partial charge is 2.00 e. The molecule has 4 rings (SSSR count). The Bertz CT molecular complexity index is 770. The van der Waals surface area contributed by atoms with Crippen LogP contribution in [0.3, 0.4) is 0 Å². The minimum absolute atomic E-state index is 0. The van der Waals surface area contributed by atoms with Gasteiger partial charge in [0.25, 0.3) is 0 Å². The zero-order valence-electron chi connectivity index (χ0n) is 19.1. The summed E-state index contributed by atoms with van der Waals surface area (Å²) in [6, 6.07) is 33.6. The van der Waals surface area contributed by atoms with Crippen molar-refractivity contribution < 1.29 is 34.1 Å². The van der Waals surface area contributed by atoms with Gasteiger partial charge < -0.3 is 0 Å². The molecule has 0 atom stereocenters. The van der Waals surface area contributed by atoms with Gasteiger partial charge in [-0.05, 0) is 0 Å². The quantitative estimate of drug-likeness (QED) is 0.226. The van der Waals surface area contributed by atoms with E-state index in [0.29, 0.717) is 26.3 Å². The van der Waals surface area contributed by atoms with Crippen LogP contribution in [0.5, 0.6) is 0 Å². The average Bonchev–Trinajstić information content (AvgIpc) is 3.48. The van der Waals surface area contributed by atoms with Crippen molar-refractivity contribution in [1.29, 1.82) is 0 Å². The molecule has 0 unspecified atom stereocenters. The molecule has 0 radical (unpaired) electrons. The Kier molecular flexibility index (Phi) is 18.4. The fourth-order valence-electron chi connectivity index (χ4n) is 2.72. The molecule has 0 spiro atoms. The molecule has 0 saturated carbocycles. The summed E-state index contributed by atoms with van der Waals surface area (Å²) in [7, 11) is 8.56. The van der Waals surface area contributed by atoms with Gasteiger partial charge in [-0.25, -0.2) is 24.3 Å². The minimum atomic E-state index is 0. The van der Waals surface area contributed by atoms with Gasteiger partial charge in [0.15, 0.2) is 0 Å². The molecule has 0 fully saturated rings. The monoisotopic (exact) mass is 644 g/mol. The predicted octanol–water partition coefficient (Wildman–Crippen LogP) is 3.33. The summed E-state index contributed by atoms with van der Waals surface area (Å²) < 4.78 is 3.17. The summed E-state index contributed by atoms with van der Waals surface area (Å²) >= 11 is 1.19. The summed E-state index contributed by atoms with van der Waals surface area (Å²) in [5, 5.41) is 0. The van der Waals surface area contributed by atoms with E-state index in [1.54, 1.807) is 8.92 Å². The van der Waals surface area contributed by atoms with Gasteiger partial charge in [0.05, 0.1) is 0 Å². The van der Waals surface area contributed by atoms with E-state index < -0.39 is 0 Å². The van der Waals surface area contributed by atoms with Crippen LogP contribution in [0.1, 0.15) is 11.1 Å². The van der Waals surface area contributed by atoms with E-state index in [2.05, 4.69) is 74.4 Å². The van der Waals surface area contributed by atoms with Crippen LogP contribution in [0, 0.1) is 0 Å². The van der Waals surface area contributed by atoms with Gasteiger partial charge in [-0.2, -0.15) is 36.4 Å². The standard InChI is InChI=1S/C16H22N2Se2.2C5H5.2Fe/c1-17(2)11-13-7-5-9-15(13)19-20-16-10-6-8-14(16)12-18(3)4;2*1-2-4-5-3-1;;/h5-10H,11-12H2,1-4H3;2*1-5H;;/q-2;2*-1;2*+2. The van der Waals surface area contributed by atoms with Crippen LogP contribution >= 0.6 is 0 Å². The zero-order valence-corrected chi connectivity index (χ0v) is 24.7. The first-order valence-corrected chi connectivity index (χ1v) is 16.1. The molecular formula is C26H32Fe2N2Se2. The Morgan fingerprint density at radius 1 is 0.625 bits per heavy atom. The topological polar surface area (TPSA) is 6.48 Å². The first kappa shape index (κ1) is 31.4. The van der Waals surface area contributed by atoms with Crippen LogP contribution in [-0.2, 0) is 47.2 Å².